The third kappa shape index (κ3) is 2.31. The number of aromatic amines is 1. The van der Waals surface area contributed by atoms with Crippen LogP contribution in [0, 0.1) is 0 Å². The van der Waals surface area contributed by atoms with Gasteiger partial charge in [0.1, 0.15) is 0 Å². The second kappa shape index (κ2) is 4.37. The van der Waals surface area contributed by atoms with Crippen molar-refractivity contribution in [2.45, 2.75) is 12.5 Å². The van der Waals surface area contributed by atoms with E-state index in [-0.39, 0.29) is 6.04 Å². The fourth-order valence-corrected chi connectivity index (χ4v) is 1.53. The first-order chi connectivity index (χ1) is 7.27. The van der Waals surface area contributed by atoms with Crippen molar-refractivity contribution in [2.75, 3.05) is 0 Å². The third-order valence-electron chi connectivity index (χ3n) is 2.09. The van der Waals surface area contributed by atoms with E-state index in [1.807, 2.05) is 24.3 Å². The Hall–Kier alpha value is -1.46. The topological polar surface area (TPSA) is 80.5 Å². The molecule has 0 radical (unpaired) electrons. The lowest BCUT2D eigenvalue weighted by Crippen LogP contribution is -2.15. The summed E-state index contributed by atoms with van der Waals surface area (Å²) >= 11 is 6.01. The van der Waals surface area contributed by atoms with E-state index in [1.54, 1.807) is 0 Å². The van der Waals surface area contributed by atoms with Gasteiger partial charge in [-0.2, -0.15) is 5.21 Å². The van der Waals surface area contributed by atoms with Crippen molar-refractivity contribution in [1.29, 1.82) is 0 Å². The molecule has 0 aliphatic rings. The summed E-state index contributed by atoms with van der Waals surface area (Å²) in [4.78, 5) is 0. The van der Waals surface area contributed by atoms with Crippen molar-refractivity contribution in [2.24, 2.45) is 5.73 Å². The fraction of sp³-hybridized carbons (Fsp3) is 0.222. The Morgan fingerprint density at radius 1 is 1.40 bits per heavy atom. The van der Waals surface area contributed by atoms with Crippen molar-refractivity contribution in [3.8, 4) is 0 Å². The van der Waals surface area contributed by atoms with Gasteiger partial charge in [0.05, 0.1) is 6.04 Å². The van der Waals surface area contributed by atoms with Crippen LogP contribution >= 0.6 is 11.6 Å². The molecule has 1 aromatic heterocycles. The predicted octanol–water partition coefficient (Wildman–Crippen LogP) is 1.10. The Bertz CT molecular complexity index is 428. The molecule has 2 aromatic rings. The minimum Gasteiger partial charge on any atom is -0.321 e. The van der Waals surface area contributed by atoms with Gasteiger partial charge in [0.2, 0.25) is 0 Å². The lowest BCUT2D eigenvalue weighted by molar-refractivity contribution is 0.669. The summed E-state index contributed by atoms with van der Waals surface area (Å²) < 4.78 is 0. The van der Waals surface area contributed by atoms with Gasteiger partial charge in [-0.1, -0.05) is 35.0 Å². The number of nitrogens with zero attached hydrogens (tertiary/aromatic N) is 3. The molecule has 15 heavy (non-hydrogen) atoms. The van der Waals surface area contributed by atoms with Crippen molar-refractivity contribution in [3.63, 3.8) is 0 Å². The zero-order chi connectivity index (χ0) is 10.7. The van der Waals surface area contributed by atoms with Gasteiger partial charge in [-0.05, 0) is 18.1 Å². The van der Waals surface area contributed by atoms with Gasteiger partial charge in [-0.3, -0.25) is 0 Å². The SMILES string of the molecule is N[C@H](Cc1ccccc1Cl)c1nn[nH]n1. The molecule has 0 saturated carbocycles. The largest absolute Gasteiger partial charge is 0.321 e. The van der Waals surface area contributed by atoms with Crippen LogP contribution in [0.5, 0.6) is 0 Å². The summed E-state index contributed by atoms with van der Waals surface area (Å²) in [5, 5.41) is 14.2. The van der Waals surface area contributed by atoms with E-state index in [4.69, 9.17) is 17.3 Å². The maximum Gasteiger partial charge on any atom is 0.191 e. The van der Waals surface area contributed by atoms with Gasteiger partial charge in [0.15, 0.2) is 5.82 Å². The lowest BCUT2D eigenvalue weighted by Gasteiger charge is -2.08. The number of aromatic nitrogens is 4. The van der Waals surface area contributed by atoms with Crippen molar-refractivity contribution in [1.82, 2.24) is 20.6 Å². The smallest absolute Gasteiger partial charge is 0.191 e. The number of halogens is 1. The van der Waals surface area contributed by atoms with E-state index < -0.39 is 0 Å². The van der Waals surface area contributed by atoms with Gasteiger partial charge < -0.3 is 5.73 Å². The maximum atomic E-state index is 6.01. The van der Waals surface area contributed by atoms with Crippen LogP contribution in [0.4, 0.5) is 0 Å². The number of nitrogens with two attached hydrogens (primary N) is 1. The normalized spacial score (nSPS) is 12.7. The molecule has 0 spiro atoms. The van der Waals surface area contributed by atoms with E-state index in [0.29, 0.717) is 17.3 Å². The maximum absolute atomic E-state index is 6.01. The first kappa shape index (κ1) is 10.1. The third-order valence-corrected chi connectivity index (χ3v) is 2.46. The van der Waals surface area contributed by atoms with E-state index in [9.17, 15) is 0 Å². The summed E-state index contributed by atoms with van der Waals surface area (Å²) in [5.74, 6) is 0.495. The number of tetrazole rings is 1. The molecule has 6 heteroatoms. The summed E-state index contributed by atoms with van der Waals surface area (Å²) in [6, 6.07) is 7.28. The Kier molecular flexibility index (Phi) is 2.94. The van der Waals surface area contributed by atoms with Gasteiger partial charge in [-0.25, -0.2) is 0 Å². The molecule has 78 valence electrons. The van der Waals surface area contributed by atoms with Crippen LogP contribution in [-0.4, -0.2) is 20.6 Å². The molecule has 0 saturated heterocycles. The van der Waals surface area contributed by atoms with E-state index in [0.717, 1.165) is 5.56 Å². The minimum atomic E-state index is -0.288. The lowest BCUT2D eigenvalue weighted by atomic mass is 10.1. The Labute approximate surface area is 91.6 Å². The average Bonchev–Trinajstić information content (AvgIpc) is 2.74. The molecule has 5 nitrogen and oxygen atoms in total. The summed E-state index contributed by atoms with van der Waals surface area (Å²) in [6.07, 6.45) is 0.596. The predicted molar refractivity (Wildman–Crippen MR) is 56.3 cm³/mol. The van der Waals surface area contributed by atoms with Crippen molar-refractivity contribution in [3.05, 3.63) is 40.7 Å². The number of H-pyrrole nitrogens is 1. The zero-order valence-corrected chi connectivity index (χ0v) is 8.65. The Balaban J connectivity index is 2.13. The quantitative estimate of drug-likeness (QED) is 0.817. The van der Waals surface area contributed by atoms with Gasteiger partial charge in [0.25, 0.3) is 0 Å². The van der Waals surface area contributed by atoms with Crippen molar-refractivity contribution >= 4 is 11.6 Å². The number of hydrogen-bond acceptors (Lipinski definition) is 4. The molecule has 1 atom stereocenters. The van der Waals surface area contributed by atoms with Gasteiger partial charge in [-0.15, -0.1) is 10.2 Å². The highest BCUT2D eigenvalue weighted by Crippen LogP contribution is 2.19. The molecule has 1 heterocycles. The molecule has 0 aliphatic heterocycles. The van der Waals surface area contributed by atoms with Crippen LogP contribution in [0.2, 0.25) is 5.02 Å². The molecule has 1 aromatic carbocycles. The number of rotatable bonds is 3. The molecular formula is C9H10ClN5. The van der Waals surface area contributed by atoms with E-state index in [1.165, 1.54) is 0 Å². The first-order valence-electron chi connectivity index (χ1n) is 4.49. The number of hydrogen-bond donors (Lipinski definition) is 2. The highest BCUT2D eigenvalue weighted by atomic mass is 35.5. The Morgan fingerprint density at radius 2 is 2.20 bits per heavy atom. The monoisotopic (exact) mass is 223 g/mol. The standard InChI is InChI=1S/C9H10ClN5/c10-7-4-2-1-3-6(7)5-8(11)9-12-14-15-13-9/h1-4,8H,5,11H2,(H,12,13,14,15)/t8-/m1/s1. The second-order valence-electron chi connectivity index (χ2n) is 3.17. The highest BCUT2D eigenvalue weighted by Gasteiger charge is 2.12. The molecule has 0 fully saturated rings. The van der Waals surface area contributed by atoms with Crippen LogP contribution in [0.25, 0.3) is 0 Å². The van der Waals surface area contributed by atoms with Crippen LogP contribution in [0.3, 0.4) is 0 Å². The molecule has 0 amide bonds. The summed E-state index contributed by atoms with van der Waals surface area (Å²) in [6.45, 7) is 0. The Morgan fingerprint density at radius 3 is 2.87 bits per heavy atom. The highest BCUT2D eigenvalue weighted by molar-refractivity contribution is 6.31. The van der Waals surface area contributed by atoms with Crippen molar-refractivity contribution < 1.29 is 0 Å². The molecule has 3 N–H and O–H groups in total. The second-order valence-corrected chi connectivity index (χ2v) is 3.58. The van der Waals surface area contributed by atoms with E-state index in [2.05, 4.69) is 20.6 Å². The van der Waals surface area contributed by atoms with Crippen LogP contribution < -0.4 is 5.73 Å². The zero-order valence-electron chi connectivity index (χ0n) is 7.89. The number of nitrogens with one attached hydrogen (secondary N) is 1. The average molecular weight is 224 g/mol. The van der Waals surface area contributed by atoms with Gasteiger partial charge >= 0.3 is 0 Å². The molecule has 0 bridgehead atoms. The molecule has 0 aliphatic carbocycles. The van der Waals surface area contributed by atoms with Crippen LogP contribution in [-0.2, 0) is 6.42 Å². The molecular weight excluding hydrogens is 214 g/mol. The van der Waals surface area contributed by atoms with E-state index >= 15 is 0 Å². The molecule has 2 rings (SSSR count). The summed E-state index contributed by atoms with van der Waals surface area (Å²) in [5.41, 5.74) is 6.88. The van der Waals surface area contributed by atoms with Crippen LogP contribution in [0.1, 0.15) is 17.4 Å². The van der Waals surface area contributed by atoms with Gasteiger partial charge in [0, 0.05) is 5.02 Å². The fourth-order valence-electron chi connectivity index (χ4n) is 1.32. The van der Waals surface area contributed by atoms with Crippen LogP contribution in [0.15, 0.2) is 24.3 Å². The molecule has 0 unspecified atom stereocenters. The first-order valence-corrected chi connectivity index (χ1v) is 4.87. The number of benzene rings is 1. The summed E-state index contributed by atoms with van der Waals surface area (Å²) in [7, 11) is 0. The minimum absolute atomic E-state index is 0.288.